The number of sulfonamides is 1. The molecule has 0 radical (unpaired) electrons. The smallest absolute Gasteiger partial charge is 0.211 e. The zero-order valence-electron chi connectivity index (χ0n) is 11.9. The maximum atomic E-state index is 11.6. The highest BCUT2D eigenvalue weighted by Crippen LogP contribution is 1.94. The van der Waals surface area contributed by atoms with Crippen LogP contribution in [0.2, 0.25) is 0 Å². The average Bonchev–Trinajstić information content (AvgIpc) is 2.27. The van der Waals surface area contributed by atoms with Crippen LogP contribution in [0.25, 0.3) is 0 Å². The van der Waals surface area contributed by atoms with Crippen molar-refractivity contribution in [3.8, 4) is 0 Å². The molecule has 0 bridgehead atoms. The third kappa shape index (κ3) is 12.3. The molecule has 0 heterocycles. The van der Waals surface area contributed by atoms with Crippen molar-refractivity contribution in [2.24, 2.45) is 5.92 Å². The highest BCUT2D eigenvalue weighted by atomic mass is 32.2. The summed E-state index contributed by atoms with van der Waals surface area (Å²) in [5.74, 6) is 0.676. The first-order valence-electron chi connectivity index (χ1n) is 6.73. The van der Waals surface area contributed by atoms with E-state index in [1.54, 1.807) is 0 Å². The van der Waals surface area contributed by atoms with Crippen LogP contribution < -0.4 is 10.0 Å². The summed E-state index contributed by atoms with van der Waals surface area (Å²) in [4.78, 5) is 0. The van der Waals surface area contributed by atoms with Gasteiger partial charge in [0.1, 0.15) is 0 Å². The molecular formula is C12H28N2O3S. The molecule has 0 aromatic rings. The van der Waals surface area contributed by atoms with Crippen LogP contribution in [0.1, 0.15) is 33.6 Å². The van der Waals surface area contributed by atoms with Crippen LogP contribution in [-0.2, 0) is 14.8 Å². The van der Waals surface area contributed by atoms with Crippen LogP contribution >= 0.6 is 0 Å². The topological polar surface area (TPSA) is 67.4 Å². The molecule has 18 heavy (non-hydrogen) atoms. The number of hydrogen-bond acceptors (Lipinski definition) is 4. The van der Waals surface area contributed by atoms with Crippen molar-refractivity contribution in [1.29, 1.82) is 0 Å². The van der Waals surface area contributed by atoms with E-state index in [2.05, 4.69) is 23.9 Å². The summed E-state index contributed by atoms with van der Waals surface area (Å²) in [5, 5.41) is 3.17. The number of nitrogens with one attached hydrogen (secondary N) is 2. The van der Waals surface area contributed by atoms with Crippen molar-refractivity contribution < 1.29 is 13.2 Å². The highest BCUT2D eigenvalue weighted by molar-refractivity contribution is 7.89. The summed E-state index contributed by atoms with van der Waals surface area (Å²) in [6, 6.07) is 0. The van der Waals surface area contributed by atoms with E-state index in [9.17, 15) is 8.42 Å². The predicted molar refractivity (Wildman–Crippen MR) is 75.2 cm³/mol. The normalized spacial score (nSPS) is 12.2. The lowest BCUT2D eigenvalue weighted by Gasteiger charge is -2.09. The fourth-order valence-electron chi connectivity index (χ4n) is 1.38. The minimum atomic E-state index is -3.13. The Balaban J connectivity index is 3.49. The second-order valence-electron chi connectivity index (χ2n) is 4.74. The van der Waals surface area contributed by atoms with E-state index < -0.39 is 10.0 Å². The molecule has 0 aliphatic carbocycles. The van der Waals surface area contributed by atoms with Crippen molar-refractivity contribution in [2.45, 2.75) is 33.6 Å². The van der Waals surface area contributed by atoms with E-state index in [4.69, 9.17) is 4.74 Å². The minimum absolute atomic E-state index is 0.197. The summed E-state index contributed by atoms with van der Waals surface area (Å²) >= 11 is 0. The number of ether oxygens (including phenoxy) is 1. The summed E-state index contributed by atoms with van der Waals surface area (Å²) in [6.07, 6.45) is 1.58. The molecule has 2 N–H and O–H groups in total. The molecule has 0 aromatic carbocycles. The van der Waals surface area contributed by atoms with Crippen LogP contribution in [0.3, 0.4) is 0 Å². The fourth-order valence-corrected chi connectivity index (χ4v) is 2.50. The lowest BCUT2D eigenvalue weighted by atomic mass is 10.2. The van der Waals surface area contributed by atoms with Crippen molar-refractivity contribution in [3.05, 3.63) is 0 Å². The van der Waals surface area contributed by atoms with Gasteiger partial charge in [0.2, 0.25) is 10.0 Å². The van der Waals surface area contributed by atoms with Gasteiger partial charge < -0.3 is 10.1 Å². The highest BCUT2D eigenvalue weighted by Gasteiger charge is 2.08. The average molecular weight is 280 g/mol. The van der Waals surface area contributed by atoms with Crippen LogP contribution in [0.5, 0.6) is 0 Å². The Labute approximate surface area is 112 Å². The zero-order chi connectivity index (χ0) is 13.9. The Bertz CT molecular complexity index is 279. The molecule has 0 spiro atoms. The molecule has 0 rings (SSSR count). The lowest BCUT2D eigenvalue weighted by molar-refractivity contribution is 0.114. The van der Waals surface area contributed by atoms with E-state index >= 15 is 0 Å². The number of unbranched alkanes of at least 4 members (excludes halogenated alkanes) is 1. The summed E-state index contributed by atoms with van der Waals surface area (Å²) in [6.45, 7) is 9.45. The van der Waals surface area contributed by atoms with Gasteiger partial charge >= 0.3 is 0 Å². The molecule has 110 valence electrons. The first-order chi connectivity index (χ1) is 8.48. The van der Waals surface area contributed by atoms with Gasteiger partial charge in [-0.2, -0.15) is 0 Å². The van der Waals surface area contributed by atoms with Crippen molar-refractivity contribution >= 4 is 10.0 Å². The number of rotatable bonds is 12. The molecule has 0 fully saturated rings. The van der Waals surface area contributed by atoms with Crippen LogP contribution in [0, 0.1) is 5.92 Å². The second kappa shape index (κ2) is 10.7. The molecule has 6 heteroatoms. The Morgan fingerprint density at radius 3 is 2.50 bits per heavy atom. The summed E-state index contributed by atoms with van der Waals surface area (Å²) < 4.78 is 31.0. The maximum Gasteiger partial charge on any atom is 0.211 e. The molecular weight excluding hydrogens is 252 g/mol. The Hall–Kier alpha value is -0.170. The van der Waals surface area contributed by atoms with Crippen LogP contribution in [-0.4, -0.2) is 47.0 Å². The Morgan fingerprint density at radius 2 is 1.89 bits per heavy atom. The molecule has 0 aliphatic rings. The maximum absolute atomic E-state index is 11.6. The SMILES string of the molecule is CCNCCCCS(=O)(=O)NCCOCC(C)C. The third-order valence-electron chi connectivity index (χ3n) is 2.29. The lowest BCUT2D eigenvalue weighted by Crippen LogP contribution is -2.30. The van der Waals surface area contributed by atoms with Crippen molar-refractivity contribution in [2.75, 3.05) is 38.6 Å². The van der Waals surface area contributed by atoms with Crippen molar-refractivity contribution in [1.82, 2.24) is 10.0 Å². The van der Waals surface area contributed by atoms with Gasteiger partial charge in [0.25, 0.3) is 0 Å². The quantitative estimate of drug-likeness (QED) is 0.523. The van der Waals surface area contributed by atoms with Gasteiger partial charge in [0, 0.05) is 13.2 Å². The van der Waals surface area contributed by atoms with Gasteiger partial charge in [-0.05, 0) is 31.8 Å². The predicted octanol–water partition coefficient (Wildman–Crippen LogP) is 0.968. The molecule has 0 saturated heterocycles. The molecule has 0 aromatic heterocycles. The molecule has 5 nitrogen and oxygen atoms in total. The van der Waals surface area contributed by atoms with Gasteiger partial charge in [0.05, 0.1) is 12.4 Å². The molecule has 0 atom stereocenters. The van der Waals surface area contributed by atoms with Crippen LogP contribution in [0.15, 0.2) is 0 Å². The minimum Gasteiger partial charge on any atom is -0.380 e. The van der Waals surface area contributed by atoms with Crippen molar-refractivity contribution in [3.63, 3.8) is 0 Å². The van der Waals surface area contributed by atoms with Crippen LogP contribution in [0.4, 0.5) is 0 Å². The largest absolute Gasteiger partial charge is 0.380 e. The van der Waals surface area contributed by atoms with Gasteiger partial charge in [-0.25, -0.2) is 13.1 Å². The van der Waals surface area contributed by atoms with Gasteiger partial charge in [-0.15, -0.1) is 0 Å². The zero-order valence-corrected chi connectivity index (χ0v) is 12.7. The summed E-state index contributed by atoms with van der Waals surface area (Å²) in [7, 11) is -3.13. The molecule has 0 saturated carbocycles. The van der Waals surface area contributed by atoms with E-state index in [-0.39, 0.29) is 5.75 Å². The Morgan fingerprint density at radius 1 is 1.17 bits per heavy atom. The first kappa shape index (κ1) is 17.8. The second-order valence-corrected chi connectivity index (χ2v) is 6.67. The van der Waals surface area contributed by atoms with E-state index in [0.29, 0.717) is 32.1 Å². The Kier molecular flexibility index (Phi) is 10.6. The molecule has 0 amide bonds. The molecule has 0 aliphatic heterocycles. The van der Waals surface area contributed by atoms with E-state index in [0.717, 1.165) is 19.5 Å². The van der Waals surface area contributed by atoms with E-state index in [1.807, 2.05) is 6.92 Å². The molecule has 0 unspecified atom stereocenters. The van der Waals surface area contributed by atoms with Gasteiger partial charge in [-0.1, -0.05) is 20.8 Å². The monoisotopic (exact) mass is 280 g/mol. The summed E-state index contributed by atoms with van der Waals surface area (Å²) in [5.41, 5.74) is 0. The fraction of sp³-hybridized carbons (Fsp3) is 1.00. The first-order valence-corrected chi connectivity index (χ1v) is 8.39. The van der Waals surface area contributed by atoms with E-state index in [1.165, 1.54) is 0 Å². The third-order valence-corrected chi connectivity index (χ3v) is 3.76. The van der Waals surface area contributed by atoms with Gasteiger partial charge in [0.15, 0.2) is 0 Å². The van der Waals surface area contributed by atoms with Gasteiger partial charge in [-0.3, -0.25) is 0 Å². The standard InChI is InChI=1S/C12H28N2O3S/c1-4-13-7-5-6-10-18(15,16)14-8-9-17-11-12(2)3/h12-14H,4-11H2,1-3H3. The number of hydrogen-bond donors (Lipinski definition) is 2.